The van der Waals surface area contributed by atoms with Crippen molar-refractivity contribution >= 4 is 82.5 Å². The summed E-state index contributed by atoms with van der Waals surface area (Å²) in [4.78, 5) is 2.63. The highest BCUT2D eigenvalue weighted by atomic mass is 32.1. The molecule has 0 N–H and O–H groups in total. The number of rotatable bonds is 3. The molecule has 0 saturated heterocycles. The molecule has 2 nitrogen and oxygen atoms in total. The zero-order chi connectivity index (χ0) is 33.9. The number of para-hydroxylation sites is 1. The molecule has 0 spiro atoms. The summed E-state index contributed by atoms with van der Waals surface area (Å²) in [7, 11) is 0. The lowest BCUT2D eigenvalue weighted by Crippen LogP contribution is -2.60. The van der Waals surface area contributed by atoms with E-state index in [2.05, 4.69) is 185 Å². The summed E-state index contributed by atoms with van der Waals surface area (Å²) in [5, 5.41) is 5.15. The monoisotopic (exact) mass is 676 g/mol. The zero-order valence-electron chi connectivity index (χ0n) is 28.1. The molecule has 0 bridgehead atoms. The SMILES string of the molecule is c1ccc(-c2ccc(N3B4c5c(cc(-c6ccccc6)cc5-n5c6c4cccc6c4sc6ccccc6c45)-c4cc5ccccc5cc43)cc2)cc1. The van der Waals surface area contributed by atoms with Crippen LogP contribution in [0, 0.1) is 0 Å². The molecule has 0 unspecified atom stereocenters. The Morgan fingerprint density at radius 1 is 0.442 bits per heavy atom. The predicted octanol–water partition coefficient (Wildman–Crippen LogP) is 11.7. The second kappa shape index (κ2) is 10.6. The summed E-state index contributed by atoms with van der Waals surface area (Å²) < 4.78 is 5.30. The largest absolute Gasteiger partial charge is 0.376 e. The molecule has 52 heavy (non-hydrogen) atoms. The number of hydrogen-bond donors (Lipinski definition) is 0. The van der Waals surface area contributed by atoms with Gasteiger partial charge in [-0.05, 0) is 92.0 Å². The normalized spacial score (nSPS) is 12.9. The van der Waals surface area contributed by atoms with Crippen molar-refractivity contribution < 1.29 is 0 Å². The second-order valence-corrected chi connectivity index (χ2v) is 15.1. The molecule has 2 aromatic heterocycles. The van der Waals surface area contributed by atoms with Gasteiger partial charge < -0.3 is 9.38 Å². The molecule has 2 aliphatic rings. The molecule has 0 fully saturated rings. The number of aromatic nitrogens is 1. The molecular weight excluding hydrogens is 647 g/mol. The zero-order valence-corrected chi connectivity index (χ0v) is 28.9. The van der Waals surface area contributed by atoms with Crippen molar-refractivity contribution in [2.24, 2.45) is 0 Å². The highest BCUT2D eigenvalue weighted by Crippen LogP contribution is 2.49. The van der Waals surface area contributed by atoms with E-state index in [0.29, 0.717) is 0 Å². The molecular formula is C48H29BN2S. The Balaban J connectivity index is 1.23. The average molecular weight is 677 g/mol. The number of anilines is 2. The Hall–Kier alpha value is -6.36. The van der Waals surface area contributed by atoms with Crippen LogP contribution < -0.4 is 15.7 Å². The van der Waals surface area contributed by atoms with Crippen molar-refractivity contribution in [3.63, 3.8) is 0 Å². The molecule has 12 rings (SSSR count). The van der Waals surface area contributed by atoms with Gasteiger partial charge in [-0.1, -0.05) is 133 Å². The smallest absolute Gasteiger partial charge is 0.333 e. The minimum atomic E-state index is -0.0162. The quantitative estimate of drug-likeness (QED) is 0.169. The summed E-state index contributed by atoms with van der Waals surface area (Å²) >= 11 is 1.92. The van der Waals surface area contributed by atoms with Crippen LogP contribution in [0.1, 0.15) is 0 Å². The van der Waals surface area contributed by atoms with Crippen LogP contribution in [-0.4, -0.2) is 11.4 Å². The molecule has 2 aliphatic heterocycles. The van der Waals surface area contributed by atoms with E-state index < -0.39 is 0 Å². The molecule has 0 aliphatic carbocycles. The summed E-state index contributed by atoms with van der Waals surface area (Å²) in [6.45, 7) is -0.0162. The number of thiophene rings is 1. The van der Waals surface area contributed by atoms with Crippen LogP contribution in [0.25, 0.3) is 81.0 Å². The van der Waals surface area contributed by atoms with Crippen molar-refractivity contribution in [2.75, 3.05) is 4.81 Å². The molecule has 8 aromatic carbocycles. The fourth-order valence-corrected chi connectivity index (χ4v) is 10.3. The van der Waals surface area contributed by atoms with E-state index in [4.69, 9.17) is 0 Å². The summed E-state index contributed by atoms with van der Waals surface area (Å²) in [5.41, 5.74) is 16.5. The third kappa shape index (κ3) is 3.85. The fraction of sp³-hybridized carbons (Fsp3) is 0. The average Bonchev–Trinajstić information content (AvgIpc) is 3.75. The van der Waals surface area contributed by atoms with Gasteiger partial charge in [-0.3, -0.25) is 0 Å². The van der Waals surface area contributed by atoms with E-state index in [9.17, 15) is 0 Å². The number of benzene rings is 8. The van der Waals surface area contributed by atoms with Crippen LogP contribution in [-0.2, 0) is 0 Å². The number of hydrogen-bond acceptors (Lipinski definition) is 2. The van der Waals surface area contributed by atoms with Crippen molar-refractivity contribution in [3.05, 3.63) is 176 Å². The topological polar surface area (TPSA) is 8.17 Å². The van der Waals surface area contributed by atoms with E-state index in [-0.39, 0.29) is 6.85 Å². The van der Waals surface area contributed by atoms with Gasteiger partial charge in [0.05, 0.1) is 15.7 Å². The molecule has 240 valence electrons. The van der Waals surface area contributed by atoms with Gasteiger partial charge in [0.1, 0.15) is 0 Å². The van der Waals surface area contributed by atoms with Crippen LogP contribution in [0.5, 0.6) is 0 Å². The third-order valence-electron chi connectivity index (χ3n) is 11.3. The van der Waals surface area contributed by atoms with Gasteiger partial charge >= 0.3 is 6.85 Å². The molecule has 0 amide bonds. The van der Waals surface area contributed by atoms with Gasteiger partial charge in [-0.2, -0.15) is 0 Å². The van der Waals surface area contributed by atoms with E-state index in [1.54, 1.807) is 0 Å². The van der Waals surface area contributed by atoms with Crippen LogP contribution in [0.4, 0.5) is 11.4 Å². The van der Waals surface area contributed by atoms with Gasteiger partial charge in [0.25, 0.3) is 0 Å². The van der Waals surface area contributed by atoms with Gasteiger partial charge in [0.15, 0.2) is 0 Å². The van der Waals surface area contributed by atoms with Gasteiger partial charge in [0, 0.05) is 38.1 Å². The van der Waals surface area contributed by atoms with Crippen LogP contribution in [0.15, 0.2) is 176 Å². The van der Waals surface area contributed by atoms with Crippen molar-refractivity contribution in [2.45, 2.75) is 0 Å². The number of nitrogens with zero attached hydrogens (tertiary/aromatic N) is 2. The molecule has 0 radical (unpaired) electrons. The summed E-state index contributed by atoms with van der Waals surface area (Å²) in [6.07, 6.45) is 0. The lowest BCUT2D eigenvalue weighted by atomic mass is 9.44. The van der Waals surface area contributed by atoms with Gasteiger partial charge in [-0.25, -0.2) is 0 Å². The van der Waals surface area contributed by atoms with E-state index in [1.807, 2.05) is 11.3 Å². The third-order valence-corrected chi connectivity index (χ3v) is 12.5. The molecule has 10 aromatic rings. The maximum atomic E-state index is 2.63. The Morgan fingerprint density at radius 3 is 1.88 bits per heavy atom. The maximum absolute atomic E-state index is 2.63. The van der Waals surface area contributed by atoms with Crippen molar-refractivity contribution in [1.82, 2.24) is 4.57 Å². The minimum Gasteiger partial charge on any atom is -0.376 e. The maximum Gasteiger partial charge on any atom is 0.333 e. The molecule has 0 atom stereocenters. The number of fused-ring (bicyclic) bond motifs is 10. The molecule has 0 saturated carbocycles. The Labute approximate surface area is 305 Å². The van der Waals surface area contributed by atoms with Crippen LogP contribution in [0.2, 0.25) is 0 Å². The lowest BCUT2D eigenvalue weighted by molar-refractivity contribution is 1.19. The van der Waals surface area contributed by atoms with Crippen molar-refractivity contribution in [3.8, 4) is 39.1 Å². The highest BCUT2D eigenvalue weighted by Gasteiger charge is 2.44. The van der Waals surface area contributed by atoms with E-state index >= 15 is 0 Å². The Bertz CT molecular complexity index is 3070. The van der Waals surface area contributed by atoms with Crippen LogP contribution >= 0.6 is 11.3 Å². The molecule has 4 heterocycles. The van der Waals surface area contributed by atoms with Gasteiger partial charge in [0.2, 0.25) is 0 Å². The fourth-order valence-electron chi connectivity index (χ4n) is 9.07. The first kappa shape index (κ1) is 28.4. The van der Waals surface area contributed by atoms with Crippen molar-refractivity contribution in [1.29, 1.82) is 0 Å². The standard InChI is InChI=1S/C48H29BN2S/c1-3-12-30(13-4-1)32-22-24-36(25-23-32)51-42-28-34-17-8-7-16-33(34)26-39(42)40-27-35(31-14-5-2-6-15-31)29-43-45(40)49(51)41-20-11-19-38-46(41)50(43)47-37-18-9-10-21-44(37)52-48(38)47/h1-29H. The first-order chi connectivity index (χ1) is 25.8. The Morgan fingerprint density at radius 2 is 1.10 bits per heavy atom. The second-order valence-electron chi connectivity index (χ2n) is 14.1. The first-order valence-electron chi connectivity index (χ1n) is 18.0. The lowest BCUT2D eigenvalue weighted by Gasteiger charge is -2.42. The Kier molecular flexibility index (Phi) is 5.77. The summed E-state index contributed by atoms with van der Waals surface area (Å²) in [6, 6.07) is 65.3. The minimum absolute atomic E-state index is 0.0162. The van der Waals surface area contributed by atoms with Crippen LogP contribution in [0.3, 0.4) is 0 Å². The predicted molar refractivity (Wildman–Crippen MR) is 224 cm³/mol. The van der Waals surface area contributed by atoms with E-state index in [0.717, 1.165) is 0 Å². The first-order valence-corrected chi connectivity index (χ1v) is 18.8. The van der Waals surface area contributed by atoms with E-state index in [1.165, 1.54) is 103 Å². The van der Waals surface area contributed by atoms with Gasteiger partial charge in [-0.15, -0.1) is 11.3 Å². The highest BCUT2D eigenvalue weighted by molar-refractivity contribution is 7.26. The summed E-state index contributed by atoms with van der Waals surface area (Å²) in [5.74, 6) is 0. The molecule has 4 heteroatoms.